The third-order valence-corrected chi connectivity index (χ3v) is 5.39. The van der Waals surface area contributed by atoms with Gasteiger partial charge in [-0.2, -0.15) is 0 Å². The number of esters is 1. The summed E-state index contributed by atoms with van der Waals surface area (Å²) in [4.78, 5) is 18.4. The lowest BCUT2D eigenvalue weighted by Crippen LogP contribution is -2.45. The fourth-order valence-electron chi connectivity index (χ4n) is 3.92. The number of aliphatic imine (C=N–C) groups is 1. The second kappa shape index (κ2) is 7.82. The number of ether oxygens (including phenoxy) is 1. The predicted octanol–water partition coefficient (Wildman–Crippen LogP) is 5.69. The van der Waals surface area contributed by atoms with E-state index in [0.717, 1.165) is 28.9 Å². The van der Waals surface area contributed by atoms with E-state index in [-0.39, 0.29) is 11.4 Å². The lowest BCUT2D eigenvalue weighted by Gasteiger charge is -2.42. The van der Waals surface area contributed by atoms with Gasteiger partial charge in [-0.15, -0.1) is 0 Å². The van der Waals surface area contributed by atoms with Crippen molar-refractivity contribution in [3.63, 3.8) is 0 Å². The molecule has 0 atom stereocenters. The van der Waals surface area contributed by atoms with E-state index in [9.17, 15) is 9.18 Å². The lowest BCUT2D eigenvalue weighted by molar-refractivity contribution is 0.0601. The molecule has 1 aliphatic heterocycles. The number of hydrogen-bond donors (Lipinski definition) is 0. The molecule has 0 amide bonds. The maximum atomic E-state index is 14.9. The van der Waals surface area contributed by atoms with Crippen molar-refractivity contribution in [2.45, 2.75) is 40.2 Å². The standard InChI is InChI=1S/C24H27FN2O2/c1-7-27-22-12-20(25)18(10-19(22)16(3)13-24(27,4)5)14-26-21-11-17(23(28)29-6)9-8-15(21)2/h8-14H,7H2,1-6H3. The summed E-state index contributed by atoms with van der Waals surface area (Å²) in [6, 6.07) is 8.58. The van der Waals surface area contributed by atoms with Crippen LogP contribution in [-0.4, -0.2) is 31.4 Å². The highest BCUT2D eigenvalue weighted by Crippen LogP contribution is 2.39. The first-order valence-electron chi connectivity index (χ1n) is 9.72. The molecule has 5 heteroatoms. The molecular formula is C24H27FN2O2. The molecule has 0 N–H and O–H groups in total. The van der Waals surface area contributed by atoms with Gasteiger partial charge in [0.15, 0.2) is 0 Å². The van der Waals surface area contributed by atoms with Gasteiger partial charge in [0.25, 0.3) is 0 Å². The van der Waals surface area contributed by atoms with Gasteiger partial charge in [-0.05, 0) is 70.0 Å². The molecule has 4 nitrogen and oxygen atoms in total. The number of likely N-dealkylation sites (N-methyl/N-ethyl adjacent to an activating group) is 1. The van der Waals surface area contributed by atoms with Crippen LogP contribution in [0.5, 0.6) is 0 Å². The maximum absolute atomic E-state index is 14.9. The summed E-state index contributed by atoms with van der Waals surface area (Å²) in [7, 11) is 1.34. The van der Waals surface area contributed by atoms with Crippen molar-refractivity contribution in [1.29, 1.82) is 0 Å². The minimum absolute atomic E-state index is 0.167. The molecule has 0 bridgehead atoms. The highest BCUT2D eigenvalue weighted by Gasteiger charge is 2.30. The van der Waals surface area contributed by atoms with Gasteiger partial charge in [0, 0.05) is 29.6 Å². The molecule has 29 heavy (non-hydrogen) atoms. The Bertz CT molecular complexity index is 1020. The third kappa shape index (κ3) is 3.95. The molecule has 2 aromatic carbocycles. The Balaban J connectivity index is 2.02. The average molecular weight is 394 g/mol. The first kappa shape index (κ1) is 20.8. The number of rotatable bonds is 4. The number of carbonyl (C=O) groups is 1. The molecule has 0 saturated heterocycles. The van der Waals surface area contributed by atoms with Gasteiger partial charge in [0.1, 0.15) is 5.82 Å². The molecular weight excluding hydrogens is 367 g/mol. The summed E-state index contributed by atoms with van der Waals surface area (Å²) in [6.07, 6.45) is 3.73. The fraction of sp³-hybridized carbons (Fsp3) is 0.333. The molecule has 3 rings (SSSR count). The molecule has 0 spiro atoms. The quantitative estimate of drug-likeness (QED) is 0.494. The number of hydrogen-bond acceptors (Lipinski definition) is 4. The Morgan fingerprint density at radius 1 is 1.24 bits per heavy atom. The van der Waals surface area contributed by atoms with Crippen LogP contribution in [0.25, 0.3) is 5.57 Å². The van der Waals surface area contributed by atoms with Gasteiger partial charge in [-0.25, -0.2) is 9.18 Å². The number of anilines is 1. The van der Waals surface area contributed by atoms with E-state index in [2.05, 4.69) is 43.7 Å². The minimum Gasteiger partial charge on any atom is -0.465 e. The van der Waals surface area contributed by atoms with Crippen LogP contribution in [0.4, 0.5) is 15.8 Å². The molecule has 0 fully saturated rings. The van der Waals surface area contributed by atoms with Crippen LogP contribution < -0.4 is 4.90 Å². The van der Waals surface area contributed by atoms with Crippen molar-refractivity contribution in [2.75, 3.05) is 18.6 Å². The Morgan fingerprint density at radius 3 is 2.62 bits per heavy atom. The topological polar surface area (TPSA) is 41.9 Å². The maximum Gasteiger partial charge on any atom is 0.337 e. The van der Waals surface area contributed by atoms with Crippen LogP contribution in [0.3, 0.4) is 0 Å². The van der Waals surface area contributed by atoms with Gasteiger partial charge in [-0.1, -0.05) is 12.1 Å². The number of nitrogens with zero attached hydrogens (tertiary/aromatic N) is 2. The Morgan fingerprint density at radius 2 is 1.97 bits per heavy atom. The van der Waals surface area contributed by atoms with Crippen LogP contribution in [0.1, 0.15) is 54.7 Å². The molecule has 0 saturated carbocycles. The van der Waals surface area contributed by atoms with E-state index in [1.54, 1.807) is 24.3 Å². The normalized spacial score (nSPS) is 15.3. The molecule has 2 aromatic rings. The van der Waals surface area contributed by atoms with Crippen LogP contribution in [0.2, 0.25) is 0 Å². The smallest absolute Gasteiger partial charge is 0.337 e. The van der Waals surface area contributed by atoms with E-state index in [1.165, 1.54) is 13.3 Å². The van der Waals surface area contributed by atoms with Crippen LogP contribution >= 0.6 is 0 Å². The zero-order chi connectivity index (χ0) is 21.3. The lowest BCUT2D eigenvalue weighted by atomic mass is 9.88. The van der Waals surface area contributed by atoms with E-state index in [1.807, 2.05) is 13.0 Å². The van der Waals surface area contributed by atoms with Crippen molar-refractivity contribution in [3.05, 3.63) is 64.5 Å². The first-order valence-corrected chi connectivity index (χ1v) is 9.72. The van der Waals surface area contributed by atoms with E-state index in [0.29, 0.717) is 16.8 Å². The Labute approximate surface area is 171 Å². The summed E-state index contributed by atoms with van der Waals surface area (Å²) in [5, 5.41) is 0. The van der Waals surface area contributed by atoms with E-state index < -0.39 is 5.97 Å². The van der Waals surface area contributed by atoms with Crippen LogP contribution in [-0.2, 0) is 4.74 Å². The number of benzene rings is 2. The monoisotopic (exact) mass is 394 g/mol. The molecule has 152 valence electrons. The Hall–Kier alpha value is -2.95. The van der Waals surface area contributed by atoms with Crippen LogP contribution in [0.15, 0.2) is 41.4 Å². The summed E-state index contributed by atoms with van der Waals surface area (Å²) >= 11 is 0. The van der Waals surface area contributed by atoms with E-state index in [4.69, 9.17) is 4.74 Å². The second-order valence-corrected chi connectivity index (χ2v) is 7.87. The average Bonchev–Trinajstić information content (AvgIpc) is 2.66. The van der Waals surface area contributed by atoms with Gasteiger partial charge in [0.2, 0.25) is 0 Å². The predicted molar refractivity (Wildman–Crippen MR) is 117 cm³/mol. The first-order chi connectivity index (χ1) is 13.7. The van der Waals surface area contributed by atoms with Crippen molar-refractivity contribution in [3.8, 4) is 0 Å². The summed E-state index contributed by atoms with van der Waals surface area (Å²) in [5.74, 6) is -0.748. The number of aryl methyl sites for hydroxylation is 1. The number of halogens is 1. The van der Waals surface area contributed by atoms with Crippen molar-refractivity contribution < 1.29 is 13.9 Å². The molecule has 0 radical (unpaired) electrons. The molecule has 0 unspecified atom stereocenters. The van der Waals surface area contributed by atoms with Gasteiger partial charge in [0.05, 0.1) is 23.9 Å². The summed E-state index contributed by atoms with van der Waals surface area (Å²) in [5.41, 5.74) is 5.18. The van der Waals surface area contributed by atoms with Gasteiger partial charge in [-0.3, -0.25) is 4.99 Å². The number of methoxy groups -OCH3 is 1. The largest absolute Gasteiger partial charge is 0.465 e. The summed E-state index contributed by atoms with van der Waals surface area (Å²) < 4.78 is 19.7. The Kier molecular flexibility index (Phi) is 5.60. The zero-order valence-corrected chi connectivity index (χ0v) is 17.8. The van der Waals surface area contributed by atoms with Crippen molar-refractivity contribution in [1.82, 2.24) is 0 Å². The fourth-order valence-corrected chi connectivity index (χ4v) is 3.92. The van der Waals surface area contributed by atoms with Crippen LogP contribution in [0, 0.1) is 12.7 Å². The minimum atomic E-state index is -0.426. The molecule has 1 aliphatic rings. The second-order valence-electron chi connectivity index (χ2n) is 7.87. The van der Waals surface area contributed by atoms with Crippen molar-refractivity contribution >= 4 is 29.1 Å². The number of fused-ring (bicyclic) bond motifs is 1. The SMILES string of the molecule is CCN1c2cc(F)c(C=Nc3cc(C(=O)OC)ccc3C)cc2C(C)=CC1(C)C. The molecule has 0 aromatic heterocycles. The summed E-state index contributed by atoms with van der Waals surface area (Å²) in [6.45, 7) is 11.1. The number of allylic oxidation sites excluding steroid dienone is 1. The highest BCUT2D eigenvalue weighted by atomic mass is 19.1. The van der Waals surface area contributed by atoms with E-state index >= 15 is 0 Å². The van der Waals surface area contributed by atoms with Gasteiger partial charge < -0.3 is 9.64 Å². The number of carbonyl (C=O) groups excluding carboxylic acids is 1. The zero-order valence-electron chi connectivity index (χ0n) is 17.8. The van der Waals surface area contributed by atoms with Crippen molar-refractivity contribution in [2.24, 2.45) is 4.99 Å². The molecule has 1 heterocycles. The van der Waals surface area contributed by atoms with Gasteiger partial charge >= 0.3 is 5.97 Å². The molecule has 0 aliphatic carbocycles. The third-order valence-electron chi connectivity index (χ3n) is 5.39. The highest BCUT2D eigenvalue weighted by molar-refractivity contribution is 5.92.